The van der Waals surface area contributed by atoms with Crippen molar-refractivity contribution in [1.29, 1.82) is 0 Å². The van der Waals surface area contributed by atoms with Gasteiger partial charge < -0.3 is 10.7 Å². The molecule has 0 aliphatic carbocycles. The molecule has 0 unspecified atom stereocenters. The van der Waals surface area contributed by atoms with Gasteiger partial charge in [-0.2, -0.15) is 0 Å². The fourth-order valence-corrected chi connectivity index (χ4v) is 0.958. The third kappa shape index (κ3) is 1.95. The van der Waals surface area contributed by atoms with E-state index in [1.807, 2.05) is 0 Å². The van der Waals surface area contributed by atoms with Gasteiger partial charge in [-0.15, -0.1) is 10.2 Å². The second kappa shape index (κ2) is 3.69. The van der Waals surface area contributed by atoms with Crippen LogP contribution in [-0.2, 0) is 0 Å². The normalized spacial score (nSPS) is 10.9. The Morgan fingerprint density at radius 1 is 1.14 bits per heavy atom. The second-order valence-electron chi connectivity index (χ2n) is 2.70. The number of nitrogens with two attached hydrogens (primary N) is 1. The van der Waals surface area contributed by atoms with E-state index in [1.165, 1.54) is 0 Å². The van der Waals surface area contributed by atoms with E-state index in [2.05, 4.69) is 20.2 Å². The second-order valence-corrected chi connectivity index (χ2v) is 2.70. The van der Waals surface area contributed by atoms with Gasteiger partial charge in [-0.05, 0) is 24.3 Å². The highest BCUT2D eigenvalue weighted by Crippen LogP contribution is 2.16. The van der Waals surface area contributed by atoms with Crippen molar-refractivity contribution < 1.29 is 0 Å². The van der Waals surface area contributed by atoms with Gasteiger partial charge >= 0.3 is 0 Å². The monoisotopic (exact) mass is 187 g/mol. The average Bonchev–Trinajstić information content (AvgIpc) is 2.70. The number of hydrogen-bond donors (Lipinski definition) is 2. The van der Waals surface area contributed by atoms with Crippen LogP contribution < -0.4 is 5.73 Å². The van der Waals surface area contributed by atoms with Gasteiger partial charge in [0.15, 0.2) is 0 Å². The van der Waals surface area contributed by atoms with E-state index < -0.39 is 0 Å². The molecule has 5 heteroatoms. The first kappa shape index (κ1) is 8.43. The van der Waals surface area contributed by atoms with Gasteiger partial charge in [0, 0.05) is 18.1 Å². The molecule has 0 aliphatic rings. The van der Waals surface area contributed by atoms with Crippen LogP contribution in [0.2, 0.25) is 0 Å². The van der Waals surface area contributed by atoms with Crippen LogP contribution in [0.3, 0.4) is 0 Å². The molecule has 0 saturated heterocycles. The molecule has 0 saturated carbocycles. The lowest BCUT2D eigenvalue weighted by Crippen LogP contribution is -1.80. The molecule has 1 heterocycles. The number of rotatable bonds is 2. The van der Waals surface area contributed by atoms with Gasteiger partial charge in [0.1, 0.15) is 0 Å². The minimum absolute atomic E-state index is 0.488. The zero-order chi connectivity index (χ0) is 9.80. The Morgan fingerprint density at radius 3 is 2.57 bits per heavy atom. The molecular weight excluding hydrogens is 178 g/mol. The third-order valence-corrected chi connectivity index (χ3v) is 1.64. The molecule has 1 aromatic heterocycles. The van der Waals surface area contributed by atoms with E-state index in [0.717, 1.165) is 5.69 Å². The highest BCUT2D eigenvalue weighted by Gasteiger charge is 1.90. The van der Waals surface area contributed by atoms with Crippen LogP contribution in [0.4, 0.5) is 17.3 Å². The maximum absolute atomic E-state index is 5.53. The summed E-state index contributed by atoms with van der Waals surface area (Å²) < 4.78 is 0. The molecule has 2 aromatic rings. The van der Waals surface area contributed by atoms with Crippen LogP contribution in [-0.4, -0.2) is 9.97 Å². The zero-order valence-electron chi connectivity index (χ0n) is 7.38. The number of benzene rings is 1. The maximum Gasteiger partial charge on any atom is 0.246 e. The van der Waals surface area contributed by atoms with Crippen molar-refractivity contribution in [3.05, 3.63) is 36.7 Å². The molecule has 0 radical (unpaired) electrons. The van der Waals surface area contributed by atoms with Crippen LogP contribution in [0.15, 0.2) is 46.9 Å². The highest BCUT2D eigenvalue weighted by molar-refractivity contribution is 5.47. The van der Waals surface area contributed by atoms with Crippen LogP contribution >= 0.6 is 0 Å². The molecule has 0 bridgehead atoms. The summed E-state index contributed by atoms with van der Waals surface area (Å²) >= 11 is 0. The Kier molecular flexibility index (Phi) is 2.22. The minimum atomic E-state index is 0.488. The quantitative estimate of drug-likeness (QED) is 0.559. The summed E-state index contributed by atoms with van der Waals surface area (Å²) in [5.41, 5.74) is 6.98. The fraction of sp³-hybridized carbons (Fsp3) is 0. The fourth-order valence-electron chi connectivity index (χ4n) is 0.958. The van der Waals surface area contributed by atoms with Crippen LogP contribution in [0, 0.1) is 0 Å². The molecule has 14 heavy (non-hydrogen) atoms. The maximum atomic E-state index is 5.53. The molecule has 2 rings (SSSR count). The number of nitrogens with one attached hydrogen (secondary N) is 1. The van der Waals surface area contributed by atoms with Crippen molar-refractivity contribution in [2.75, 3.05) is 5.73 Å². The molecule has 0 fully saturated rings. The number of aromatic nitrogens is 2. The minimum Gasteiger partial charge on any atom is -0.399 e. The first-order valence-electron chi connectivity index (χ1n) is 4.11. The lowest BCUT2D eigenvalue weighted by Gasteiger charge is -1.92. The molecule has 3 N–H and O–H groups in total. The van der Waals surface area contributed by atoms with E-state index in [1.54, 1.807) is 36.7 Å². The predicted molar refractivity (Wildman–Crippen MR) is 53.6 cm³/mol. The number of nitrogens with zero attached hydrogens (tertiary/aromatic N) is 3. The van der Waals surface area contributed by atoms with Crippen molar-refractivity contribution in [3.63, 3.8) is 0 Å². The van der Waals surface area contributed by atoms with Crippen molar-refractivity contribution in [3.8, 4) is 0 Å². The standard InChI is InChI=1S/C9H9N5/c10-7-1-3-8(4-2-7)13-14-9-11-5-6-12-9/h1-6H,10H2,(H,11,12)/b14-13+. The summed E-state index contributed by atoms with van der Waals surface area (Å²) in [5.74, 6) is 0.488. The SMILES string of the molecule is Nc1ccc(/N=N/c2ncc[nH]2)cc1. The van der Waals surface area contributed by atoms with E-state index in [9.17, 15) is 0 Å². The summed E-state index contributed by atoms with van der Waals surface area (Å²) in [4.78, 5) is 6.73. The number of H-pyrrole nitrogens is 1. The van der Waals surface area contributed by atoms with Crippen molar-refractivity contribution in [1.82, 2.24) is 9.97 Å². The molecule has 70 valence electrons. The molecule has 5 nitrogen and oxygen atoms in total. The third-order valence-electron chi connectivity index (χ3n) is 1.64. The summed E-state index contributed by atoms with van der Waals surface area (Å²) in [7, 11) is 0. The summed E-state index contributed by atoms with van der Waals surface area (Å²) in [6.07, 6.45) is 3.31. The van der Waals surface area contributed by atoms with Crippen LogP contribution in [0.25, 0.3) is 0 Å². The van der Waals surface area contributed by atoms with Crippen LogP contribution in [0.5, 0.6) is 0 Å². The van der Waals surface area contributed by atoms with E-state index >= 15 is 0 Å². The van der Waals surface area contributed by atoms with E-state index in [0.29, 0.717) is 11.6 Å². The molecule has 1 aromatic carbocycles. The lowest BCUT2D eigenvalue weighted by molar-refractivity contribution is 1.12. The Morgan fingerprint density at radius 2 is 1.93 bits per heavy atom. The number of anilines is 1. The van der Waals surface area contributed by atoms with E-state index in [4.69, 9.17) is 5.73 Å². The van der Waals surface area contributed by atoms with Crippen molar-refractivity contribution in [2.24, 2.45) is 10.2 Å². The smallest absolute Gasteiger partial charge is 0.246 e. The molecule has 0 aliphatic heterocycles. The first-order chi connectivity index (χ1) is 6.84. The number of imidazole rings is 1. The van der Waals surface area contributed by atoms with Gasteiger partial charge in [0.25, 0.3) is 0 Å². The number of hydrogen-bond acceptors (Lipinski definition) is 4. The molecule has 0 spiro atoms. The van der Waals surface area contributed by atoms with Gasteiger partial charge in [-0.3, -0.25) is 0 Å². The van der Waals surface area contributed by atoms with Crippen LogP contribution in [0.1, 0.15) is 0 Å². The number of nitrogen functional groups attached to an aromatic ring is 1. The van der Waals surface area contributed by atoms with Gasteiger partial charge in [-0.25, -0.2) is 4.98 Å². The Hall–Kier alpha value is -2.17. The lowest BCUT2D eigenvalue weighted by atomic mass is 10.3. The van der Waals surface area contributed by atoms with Crippen molar-refractivity contribution in [2.45, 2.75) is 0 Å². The molecule has 0 amide bonds. The summed E-state index contributed by atoms with van der Waals surface area (Å²) in [6, 6.07) is 7.14. The first-order valence-corrected chi connectivity index (χ1v) is 4.11. The van der Waals surface area contributed by atoms with Gasteiger partial charge in [-0.1, -0.05) is 0 Å². The number of aromatic amines is 1. The topological polar surface area (TPSA) is 79.4 Å². The number of azo groups is 1. The van der Waals surface area contributed by atoms with Crippen molar-refractivity contribution >= 4 is 17.3 Å². The van der Waals surface area contributed by atoms with Gasteiger partial charge in [0.2, 0.25) is 5.95 Å². The average molecular weight is 187 g/mol. The zero-order valence-corrected chi connectivity index (χ0v) is 7.38. The van der Waals surface area contributed by atoms with E-state index in [-0.39, 0.29) is 0 Å². The predicted octanol–water partition coefficient (Wildman–Crippen LogP) is 2.41. The Balaban J connectivity index is 2.15. The highest BCUT2D eigenvalue weighted by atomic mass is 15.2. The Labute approximate surface area is 80.7 Å². The Bertz CT molecular complexity index is 415. The summed E-state index contributed by atoms with van der Waals surface area (Å²) in [6.45, 7) is 0. The summed E-state index contributed by atoms with van der Waals surface area (Å²) in [5, 5.41) is 7.85. The molecular formula is C9H9N5. The molecule has 0 atom stereocenters. The van der Waals surface area contributed by atoms with Gasteiger partial charge in [0.05, 0.1) is 5.69 Å². The largest absolute Gasteiger partial charge is 0.399 e.